The van der Waals surface area contributed by atoms with E-state index in [1.165, 1.54) is 0 Å². The van der Waals surface area contributed by atoms with Crippen LogP contribution in [0.5, 0.6) is 5.75 Å². The number of aromatic carboxylic acids is 1. The summed E-state index contributed by atoms with van der Waals surface area (Å²) in [5, 5.41) is 11.6. The van der Waals surface area contributed by atoms with Crippen molar-refractivity contribution in [2.45, 2.75) is 0 Å². The van der Waals surface area contributed by atoms with Crippen LogP contribution in [0, 0.1) is 5.82 Å². The van der Waals surface area contributed by atoms with Gasteiger partial charge in [-0.05, 0) is 30.3 Å². The van der Waals surface area contributed by atoms with E-state index in [0.29, 0.717) is 10.8 Å². The van der Waals surface area contributed by atoms with Gasteiger partial charge in [0, 0.05) is 0 Å². The monoisotopic (exact) mass is 323 g/mol. The molecule has 0 aliphatic carbocycles. The number of hydrogen-bond donors (Lipinski definition) is 2. The lowest BCUT2D eigenvalue weighted by molar-refractivity contribution is -0.118. The molecule has 0 spiro atoms. The highest BCUT2D eigenvalue weighted by atomic mass is 35.5. The molecule has 0 atom stereocenters. The lowest BCUT2D eigenvalue weighted by atomic mass is 10.1. The van der Waals surface area contributed by atoms with Crippen LogP contribution in [0.15, 0.2) is 42.5 Å². The first kappa shape index (κ1) is 15.8. The maximum Gasteiger partial charge on any atom is 0.337 e. The van der Waals surface area contributed by atoms with Gasteiger partial charge in [0.05, 0.1) is 16.3 Å². The molecule has 2 aromatic rings. The minimum Gasteiger partial charge on any atom is -0.482 e. The van der Waals surface area contributed by atoms with Crippen molar-refractivity contribution in [1.29, 1.82) is 0 Å². The van der Waals surface area contributed by atoms with Crippen molar-refractivity contribution >= 4 is 29.2 Å². The summed E-state index contributed by atoms with van der Waals surface area (Å²) in [7, 11) is 0. The highest BCUT2D eigenvalue weighted by molar-refractivity contribution is 6.32. The molecule has 2 N–H and O–H groups in total. The van der Waals surface area contributed by atoms with E-state index >= 15 is 0 Å². The lowest BCUT2D eigenvalue weighted by Gasteiger charge is -2.10. The number of benzene rings is 2. The summed E-state index contributed by atoms with van der Waals surface area (Å²) >= 11 is 5.87. The third-order valence-corrected chi connectivity index (χ3v) is 2.99. The van der Waals surface area contributed by atoms with Crippen molar-refractivity contribution in [3.05, 3.63) is 58.9 Å². The standard InChI is InChI=1S/C15H11ClFNO4/c16-11-3-1-2-4-13(11)22-8-14(19)18-12-7-9(17)5-6-10(12)15(20)21/h1-7H,8H2,(H,18,19)(H,20,21). The molecule has 114 valence electrons. The summed E-state index contributed by atoms with van der Waals surface area (Å²) in [5.74, 6) is -2.25. The number of para-hydroxylation sites is 1. The number of carbonyl (C=O) groups is 2. The number of halogens is 2. The van der Waals surface area contributed by atoms with Gasteiger partial charge in [-0.1, -0.05) is 23.7 Å². The van der Waals surface area contributed by atoms with Crippen LogP contribution in [-0.4, -0.2) is 23.6 Å². The van der Waals surface area contributed by atoms with Crippen LogP contribution in [0.3, 0.4) is 0 Å². The second kappa shape index (κ2) is 6.91. The average Bonchev–Trinajstić information content (AvgIpc) is 2.46. The summed E-state index contributed by atoms with van der Waals surface area (Å²) in [6.07, 6.45) is 0. The minimum absolute atomic E-state index is 0.139. The van der Waals surface area contributed by atoms with Gasteiger partial charge in [0.2, 0.25) is 0 Å². The normalized spacial score (nSPS) is 10.1. The number of carboxylic acids is 1. The van der Waals surface area contributed by atoms with E-state index in [0.717, 1.165) is 18.2 Å². The Morgan fingerprint density at radius 1 is 1.23 bits per heavy atom. The molecule has 7 heteroatoms. The molecular weight excluding hydrogens is 313 g/mol. The van der Waals surface area contributed by atoms with Gasteiger partial charge in [-0.15, -0.1) is 0 Å². The summed E-state index contributed by atoms with van der Waals surface area (Å²) < 4.78 is 18.4. The fourth-order valence-corrected chi connectivity index (χ4v) is 1.89. The molecule has 0 radical (unpaired) electrons. The van der Waals surface area contributed by atoms with Gasteiger partial charge in [0.15, 0.2) is 6.61 Å². The van der Waals surface area contributed by atoms with Gasteiger partial charge in [-0.2, -0.15) is 0 Å². The first-order chi connectivity index (χ1) is 10.5. The fourth-order valence-electron chi connectivity index (χ4n) is 1.70. The molecule has 0 unspecified atom stereocenters. The Bertz CT molecular complexity index is 720. The van der Waals surface area contributed by atoms with E-state index in [2.05, 4.69) is 5.32 Å². The van der Waals surface area contributed by atoms with E-state index < -0.39 is 17.7 Å². The van der Waals surface area contributed by atoms with Gasteiger partial charge < -0.3 is 15.2 Å². The fraction of sp³-hybridized carbons (Fsp3) is 0.0667. The van der Waals surface area contributed by atoms with Crippen molar-refractivity contribution in [3.8, 4) is 5.75 Å². The van der Waals surface area contributed by atoms with Crippen molar-refractivity contribution in [2.75, 3.05) is 11.9 Å². The Morgan fingerprint density at radius 3 is 2.64 bits per heavy atom. The zero-order valence-electron chi connectivity index (χ0n) is 11.2. The summed E-state index contributed by atoms with van der Waals surface area (Å²) in [6.45, 7) is -0.390. The van der Waals surface area contributed by atoms with E-state index in [-0.39, 0.29) is 17.9 Å². The van der Waals surface area contributed by atoms with Gasteiger partial charge in [0.1, 0.15) is 11.6 Å². The largest absolute Gasteiger partial charge is 0.482 e. The van der Waals surface area contributed by atoms with Crippen LogP contribution >= 0.6 is 11.6 Å². The number of nitrogens with one attached hydrogen (secondary N) is 1. The van der Waals surface area contributed by atoms with Crippen molar-refractivity contribution < 1.29 is 23.8 Å². The molecule has 0 aliphatic heterocycles. The maximum absolute atomic E-state index is 13.2. The molecule has 2 aromatic carbocycles. The summed E-state index contributed by atoms with van der Waals surface area (Å²) in [6, 6.07) is 9.58. The third-order valence-electron chi connectivity index (χ3n) is 2.68. The second-order valence-corrected chi connectivity index (χ2v) is 4.67. The number of rotatable bonds is 5. The number of carbonyl (C=O) groups excluding carboxylic acids is 1. The molecule has 0 aliphatic rings. The number of hydrogen-bond acceptors (Lipinski definition) is 3. The van der Waals surface area contributed by atoms with Crippen LogP contribution in [0.25, 0.3) is 0 Å². The summed E-state index contributed by atoms with van der Waals surface area (Å²) in [5.41, 5.74) is -0.354. The van der Waals surface area contributed by atoms with E-state index in [4.69, 9.17) is 21.4 Å². The number of ether oxygens (including phenoxy) is 1. The SMILES string of the molecule is O=C(COc1ccccc1Cl)Nc1cc(F)ccc1C(=O)O. The first-order valence-electron chi connectivity index (χ1n) is 6.17. The zero-order valence-corrected chi connectivity index (χ0v) is 11.9. The molecule has 0 saturated carbocycles. The highest BCUT2D eigenvalue weighted by Gasteiger charge is 2.14. The number of carboxylic acid groups (broad SMARTS) is 1. The predicted molar refractivity (Wildman–Crippen MR) is 78.9 cm³/mol. The molecule has 5 nitrogen and oxygen atoms in total. The molecule has 22 heavy (non-hydrogen) atoms. The van der Waals surface area contributed by atoms with Crippen molar-refractivity contribution in [1.82, 2.24) is 0 Å². The van der Waals surface area contributed by atoms with Gasteiger partial charge in [-0.3, -0.25) is 4.79 Å². The molecule has 0 aromatic heterocycles. The van der Waals surface area contributed by atoms with Crippen LogP contribution in [-0.2, 0) is 4.79 Å². The van der Waals surface area contributed by atoms with Gasteiger partial charge in [-0.25, -0.2) is 9.18 Å². The molecule has 2 rings (SSSR count). The Labute approximate surface area is 130 Å². The quantitative estimate of drug-likeness (QED) is 0.886. The third kappa shape index (κ3) is 3.95. The Morgan fingerprint density at radius 2 is 1.95 bits per heavy atom. The number of anilines is 1. The first-order valence-corrected chi connectivity index (χ1v) is 6.55. The van der Waals surface area contributed by atoms with Crippen molar-refractivity contribution in [3.63, 3.8) is 0 Å². The van der Waals surface area contributed by atoms with Crippen LogP contribution < -0.4 is 10.1 Å². The van der Waals surface area contributed by atoms with E-state index in [1.54, 1.807) is 24.3 Å². The summed E-state index contributed by atoms with van der Waals surface area (Å²) in [4.78, 5) is 22.8. The Kier molecular flexibility index (Phi) is 4.95. The second-order valence-electron chi connectivity index (χ2n) is 4.26. The zero-order chi connectivity index (χ0) is 16.1. The van der Waals surface area contributed by atoms with Crippen LogP contribution in [0.1, 0.15) is 10.4 Å². The smallest absolute Gasteiger partial charge is 0.337 e. The van der Waals surface area contributed by atoms with Gasteiger partial charge >= 0.3 is 5.97 Å². The van der Waals surface area contributed by atoms with Crippen LogP contribution in [0.2, 0.25) is 5.02 Å². The molecule has 1 amide bonds. The average molecular weight is 324 g/mol. The highest BCUT2D eigenvalue weighted by Crippen LogP contribution is 2.23. The van der Waals surface area contributed by atoms with Gasteiger partial charge in [0.25, 0.3) is 5.91 Å². The molecule has 0 bridgehead atoms. The van der Waals surface area contributed by atoms with Crippen LogP contribution in [0.4, 0.5) is 10.1 Å². The predicted octanol–water partition coefficient (Wildman–Crippen LogP) is 3.19. The lowest BCUT2D eigenvalue weighted by Crippen LogP contribution is -2.21. The molecule has 0 heterocycles. The Hall–Kier alpha value is -2.60. The van der Waals surface area contributed by atoms with E-state index in [1.807, 2.05) is 0 Å². The van der Waals surface area contributed by atoms with Crippen molar-refractivity contribution in [2.24, 2.45) is 0 Å². The van der Waals surface area contributed by atoms with E-state index in [9.17, 15) is 14.0 Å². The molecule has 0 fully saturated rings. The topological polar surface area (TPSA) is 75.6 Å². The molecular formula is C15H11ClFNO4. The maximum atomic E-state index is 13.2. The Balaban J connectivity index is 2.05. The number of amides is 1. The minimum atomic E-state index is -1.28. The molecule has 0 saturated heterocycles.